The van der Waals surface area contributed by atoms with Crippen LogP contribution in [0.1, 0.15) is 0 Å². The average molecular weight is 338 g/mol. The topological polar surface area (TPSA) is 125 Å². The molecule has 0 bridgehead atoms. The molecule has 0 atom stereocenters. The van der Waals surface area contributed by atoms with E-state index in [2.05, 4.69) is 15.3 Å². The van der Waals surface area contributed by atoms with Gasteiger partial charge in [-0.15, -0.1) is 0 Å². The maximum Gasteiger partial charge on any atom is 0.222 e. The van der Waals surface area contributed by atoms with E-state index in [9.17, 15) is 10.2 Å². The maximum atomic E-state index is 10.2. The summed E-state index contributed by atoms with van der Waals surface area (Å²) in [4.78, 5) is 8.24. The third kappa shape index (κ3) is 3.78. The van der Waals surface area contributed by atoms with Crippen molar-refractivity contribution in [3.05, 3.63) is 48.5 Å². The number of phenols is 2. The lowest BCUT2D eigenvalue weighted by Gasteiger charge is -2.10. The smallest absolute Gasteiger partial charge is 0.222 e. The van der Waals surface area contributed by atoms with Crippen molar-refractivity contribution in [3.8, 4) is 33.9 Å². The molecule has 7 heteroatoms. The highest BCUT2D eigenvalue weighted by Gasteiger charge is 2.11. The van der Waals surface area contributed by atoms with Crippen LogP contribution >= 0.6 is 0 Å². The Balaban J connectivity index is 2.03. The second-order valence-electron chi connectivity index (χ2n) is 5.43. The molecular weight excluding hydrogens is 320 g/mol. The van der Waals surface area contributed by atoms with E-state index in [1.807, 2.05) is 0 Å². The second-order valence-corrected chi connectivity index (χ2v) is 5.43. The van der Waals surface area contributed by atoms with Gasteiger partial charge in [-0.2, -0.15) is 4.98 Å². The number of rotatable bonds is 5. The molecule has 0 amide bonds. The van der Waals surface area contributed by atoms with Gasteiger partial charge in [-0.3, -0.25) is 0 Å². The SMILES string of the molecule is Nc1nc(NCCO)cc(-c2cc(-c3ccc(O)cc3)ccc2O)n1. The first-order valence-electron chi connectivity index (χ1n) is 7.69. The normalized spacial score (nSPS) is 10.6. The van der Waals surface area contributed by atoms with E-state index >= 15 is 0 Å². The number of phenolic OH excluding ortho intramolecular Hbond substituents is 2. The Kier molecular flexibility index (Phi) is 4.67. The van der Waals surface area contributed by atoms with Crippen LogP contribution in [-0.2, 0) is 0 Å². The lowest BCUT2D eigenvalue weighted by atomic mass is 10.0. The summed E-state index contributed by atoms with van der Waals surface area (Å²) in [5.41, 5.74) is 8.47. The number of nitrogen functional groups attached to an aromatic ring is 1. The fraction of sp³-hybridized carbons (Fsp3) is 0.111. The lowest BCUT2D eigenvalue weighted by molar-refractivity contribution is 0.311. The van der Waals surface area contributed by atoms with Crippen LogP contribution in [-0.4, -0.2) is 38.4 Å². The predicted octanol–water partition coefficient (Wildman–Crippen LogP) is 2.21. The summed E-state index contributed by atoms with van der Waals surface area (Å²) in [5.74, 6) is 0.776. The predicted molar refractivity (Wildman–Crippen MR) is 96.2 cm³/mol. The molecule has 1 aromatic heterocycles. The van der Waals surface area contributed by atoms with Gasteiger partial charge in [0, 0.05) is 18.2 Å². The standard InChI is InChI=1S/C18H18N4O3/c19-18-21-15(10-17(22-18)20-7-8-23)14-9-12(3-6-16(14)25)11-1-4-13(24)5-2-11/h1-6,9-10,23-25H,7-8H2,(H3,19,20,21,22). The Labute approximate surface area is 144 Å². The minimum atomic E-state index is -0.0408. The summed E-state index contributed by atoms with van der Waals surface area (Å²) < 4.78 is 0. The van der Waals surface area contributed by atoms with Crippen LogP contribution in [0.3, 0.4) is 0 Å². The molecule has 3 aromatic rings. The molecule has 0 unspecified atom stereocenters. The van der Waals surface area contributed by atoms with Crippen molar-refractivity contribution < 1.29 is 15.3 Å². The molecule has 3 rings (SSSR count). The van der Waals surface area contributed by atoms with Gasteiger partial charge in [0.25, 0.3) is 0 Å². The van der Waals surface area contributed by atoms with Gasteiger partial charge in [0.1, 0.15) is 17.3 Å². The Morgan fingerprint density at radius 1 is 0.920 bits per heavy atom. The summed E-state index contributed by atoms with van der Waals surface area (Å²) in [7, 11) is 0. The van der Waals surface area contributed by atoms with E-state index in [-0.39, 0.29) is 24.1 Å². The highest BCUT2D eigenvalue weighted by molar-refractivity contribution is 5.77. The molecule has 0 aliphatic carbocycles. The van der Waals surface area contributed by atoms with Crippen LogP contribution in [0.4, 0.5) is 11.8 Å². The summed E-state index contributed by atoms with van der Waals surface area (Å²) >= 11 is 0. The first-order chi connectivity index (χ1) is 12.1. The first kappa shape index (κ1) is 16.5. The van der Waals surface area contributed by atoms with Crippen LogP contribution in [0.2, 0.25) is 0 Å². The fourth-order valence-electron chi connectivity index (χ4n) is 2.45. The van der Waals surface area contributed by atoms with Crippen LogP contribution in [0.15, 0.2) is 48.5 Å². The first-order valence-corrected chi connectivity index (χ1v) is 7.69. The maximum absolute atomic E-state index is 10.2. The molecule has 25 heavy (non-hydrogen) atoms. The van der Waals surface area contributed by atoms with Crippen molar-refractivity contribution in [2.24, 2.45) is 0 Å². The molecule has 2 aromatic carbocycles. The van der Waals surface area contributed by atoms with Gasteiger partial charge in [0.05, 0.1) is 12.3 Å². The number of benzene rings is 2. The van der Waals surface area contributed by atoms with E-state index in [0.717, 1.165) is 11.1 Å². The number of anilines is 2. The minimum absolute atomic E-state index is 0.0408. The zero-order valence-electron chi connectivity index (χ0n) is 13.3. The molecule has 7 nitrogen and oxygen atoms in total. The van der Waals surface area contributed by atoms with E-state index in [1.165, 1.54) is 0 Å². The van der Waals surface area contributed by atoms with Gasteiger partial charge >= 0.3 is 0 Å². The van der Waals surface area contributed by atoms with Crippen molar-refractivity contribution in [1.82, 2.24) is 9.97 Å². The number of aromatic nitrogens is 2. The van der Waals surface area contributed by atoms with Gasteiger partial charge in [0.2, 0.25) is 5.95 Å². The quantitative estimate of drug-likeness (QED) is 0.483. The number of nitrogens with one attached hydrogen (secondary N) is 1. The molecule has 0 saturated heterocycles. The number of aliphatic hydroxyl groups excluding tert-OH is 1. The lowest BCUT2D eigenvalue weighted by Crippen LogP contribution is -2.09. The fourth-order valence-corrected chi connectivity index (χ4v) is 2.45. The molecule has 0 spiro atoms. The number of aliphatic hydroxyl groups is 1. The average Bonchev–Trinajstić information content (AvgIpc) is 2.60. The summed E-state index contributed by atoms with van der Waals surface area (Å²) in [6, 6.07) is 13.6. The van der Waals surface area contributed by atoms with Gasteiger partial charge in [-0.25, -0.2) is 4.98 Å². The summed E-state index contributed by atoms with van der Waals surface area (Å²) in [6.07, 6.45) is 0. The van der Waals surface area contributed by atoms with Crippen LogP contribution in [0.25, 0.3) is 22.4 Å². The number of nitrogens with zero attached hydrogens (tertiary/aromatic N) is 2. The van der Waals surface area contributed by atoms with E-state index in [1.54, 1.807) is 48.5 Å². The zero-order valence-corrected chi connectivity index (χ0v) is 13.3. The Morgan fingerprint density at radius 2 is 1.64 bits per heavy atom. The molecule has 0 aliphatic rings. The van der Waals surface area contributed by atoms with E-state index in [0.29, 0.717) is 23.6 Å². The summed E-state index contributed by atoms with van der Waals surface area (Å²) in [5, 5.41) is 31.5. The van der Waals surface area contributed by atoms with Crippen LogP contribution < -0.4 is 11.1 Å². The van der Waals surface area contributed by atoms with E-state index < -0.39 is 0 Å². The van der Waals surface area contributed by atoms with Gasteiger partial charge < -0.3 is 26.4 Å². The second kappa shape index (κ2) is 7.06. The van der Waals surface area contributed by atoms with Crippen molar-refractivity contribution in [2.45, 2.75) is 0 Å². The molecule has 0 radical (unpaired) electrons. The molecule has 128 valence electrons. The monoisotopic (exact) mass is 338 g/mol. The molecular formula is C18H18N4O3. The molecule has 0 fully saturated rings. The Hall–Kier alpha value is -3.32. The van der Waals surface area contributed by atoms with Crippen molar-refractivity contribution in [1.29, 1.82) is 0 Å². The van der Waals surface area contributed by atoms with Crippen LogP contribution in [0, 0.1) is 0 Å². The highest BCUT2D eigenvalue weighted by atomic mass is 16.3. The zero-order chi connectivity index (χ0) is 17.8. The van der Waals surface area contributed by atoms with Crippen molar-refractivity contribution in [3.63, 3.8) is 0 Å². The third-order valence-electron chi connectivity index (χ3n) is 3.63. The highest BCUT2D eigenvalue weighted by Crippen LogP contribution is 2.34. The largest absolute Gasteiger partial charge is 0.508 e. The molecule has 0 aliphatic heterocycles. The van der Waals surface area contributed by atoms with Gasteiger partial charge in [-0.05, 0) is 35.4 Å². The Morgan fingerprint density at radius 3 is 2.36 bits per heavy atom. The van der Waals surface area contributed by atoms with E-state index in [4.69, 9.17) is 10.8 Å². The third-order valence-corrected chi connectivity index (χ3v) is 3.63. The molecule has 0 saturated carbocycles. The number of hydrogen-bond acceptors (Lipinski definition) is 7. The van der Waals surface area contributed by atoms with Gasteiger partial charge in [-0.1, -0.05) is 18.2 Å². The van der Waals surface area contributed by atoms with Crippen molar-refractivity contribution in [2.75, 3.05) is 24.2 Å². The van der Waals surface area contributed by atoms with Crippen molar-refractivity contribution >= 4 is 11.8 Å². The number of aromatic hydroxyl groups is 2. The number of nitrogens with two attached hydrogens (primary N) is 1. The van der Waals surface area contributed by atoms with Gasteiger partial charge in [0.15, 0.2) is 0 Å². The molecule has 6 N–H and O–H groups in total. The van der Waals surface area contributed by atoms with Crippen LogP contribution in [0.5, 0.6) is 11.5 Å². The minimum Gasteiger partial charge on any atom is -0.508 e. The number of hydrogen-bond donors (Lipinski definition) is 5. The Bertz CT molecular complexity index is 882. The molecule has 1 heterocycles. The summed E-state index contributed by atoms with van der Waals surface area (Å²) in [6.45, 7) is 0.288.